The number of furan rings is 1. The van der Waals surface area contributed by atoms with E-state index in [1.54, 1.807) is 41.2 Å². The van der Waals surface area contributed by atoms with Crippen LogP contribution in [0.5, 0.6) is 0 Å². The van der Waals surface area contributed by atoms with Crippen molar-refractivity contribution in [1.82, 2.24) is 9.78 Å². The summed E-state index contributed by atoms with van der Waals surface area (Å²) in [6, 6.07) is 22.0. The summed E-state index contributed by atoms with van der Waals surface area (Å²) in [6.45, 7) is 0.440. The van der Waals surface area contributed by atoms with Crippen LogP contribution >= 0.6 is 11.6 Å². The molecule has 0 aliphatic carbocycles. The SMILES string of the molecule is N#CC(c1ccccc1)c1ccc(NC(=O)c2ccc(Cn3cccn3)o2)cc1Cl. The Morgan fingerprint density at radius 1 is 1.17 bits per heavy atom. The van der Waals surface area contributed by atoms with Gasteiger partial charge in [-0.25, -0.2) is 0 Å². The number of aromatic nitrogens is 2. The Bertz CT molecular complexity index is 1190. The van der Waals surface area contributed by atoms with Crippen LogP contribution in [0.3, 0.4) is 0 Å². The van der Waals surface area contributed by atoms with E-state index in [9.17, 15) is 10.1 Å². The van der Waals surface area contributed by atoms with Crippen LogP contribution in [0.2, 0.25) is 5.02 Å². The normalized spacial score (nSPS) is 11.6. The van der Waals surface area contributed by atoms with Crippen LogP contribution in [0.15, 0.2) is 83.5 Å². The Morgan fingerprint density at radius 3 is 2.70 bits per heavy atom. The number of carbonyl (C=O) groups excluding carboxylic acids is 1. The van der Waals surface area contributed by atoms with Gasteiger partial charge in [0.05, 0.1) is 18.5 Å². The number of carbonyl (C=O) groups is 1. The van der Waals surface area contributed by atoms with Gasteiger partial charge in [0.15, 0.2) is 5.76 Å². The van der Waals surface area contributed by atoms with Crippen molar-refractivity contribution in [2.75, 3.05) is 5.32 Å². The van der Waals surface area contributed by atoms with Gasteiger partial charge in [-0.2, -0.15) is 10.4 Å². The van der Waals surface area contributed by atoms with E-state index in [1.165, 1.54) is 0 Å². The maximum absolute atomic E-state index is 12.5. The summed E-state index contributed by atoms with van der Waals surface area (Å²) in [4.78, 5) is 12.5. The van der Waals surface area contributed by atoms with Gasteiger partial charge < -0.3 is 9.73 Å². The Labute approximate surface area is 178 Å². The summed E-state index contributed by atoms with van der Waals surface area (Å²) >= 11 is 6.43. The first-order valence-corrected chi connectivity index (χ1v) is 9.63. The average molecular weight is 417 g/mol. The fourth-order valence-electron chi connectivity index (χ4n) is 3.14. The molecule has 30 heavy (non-hydrogen) atoms. The summed E-state index contributed by atoms with van der Waals surface area (Å²) in [7, 11) is 0. The van der Waals surface area contributed by atoms with Gasteiger partial charge in [0.2, 0.25) is 0 Å². The molecule has 0 spiro atoms. The molecule has 7 heteroatoms. The highest BCUT2D eigenvalue weighted by molar-refractivity contribution is 6.31. The first-order chi connectivity index (χ1) is 14.6. The molecule has 2 aromatic heterocycles. The van der Waals surface area contributed by atoms with E-state index in [0.29, 0.717) is 28.6 Å². The molecule has 2 aromatic carbocycles. The topological polar surface area (TPSA) is 83.9 Å². The van der Waals surface area contributed by atoms with Crippen molar-refractivity contribution < 1.29 is 9.21 Å². The van der Waals surface area contributed by atoms with Gasteiger partial charge in [-0.1, -0.05) is 48.0 Å². The first kappa shape index (κ1) is 19.5. The van der Waals surface area contributed by atoms with E-state index >= 15 is 0 Å². The van der Waals surface area contributed by atoms with Crippen molar-refractivity contribution in [3.63, 3.8) is 0 Å². The van der Waals surface area contributed by atoms with Crippen LogP contribution in [0.4, 0.5) is 5.69 Å². The number of halogens is 1. The van der Waals surface area contributed by atoms with Gasteiger partial charge in [0, 0.05) is 23.1 Å². The third-order valence-electron chi connectivity index (χ3n) is 4.59. The molecule has 0 saturated heterocycles. The van der Waals surface area contributed by atoms with E-state index in [4.69, 9.17) is 16.0 Å². The second-order valence-corrected chi connectivity index (χ2v) is 7.04. The lowest BCUT2D eigenvalue weighted by molar-refractivity contribution is 0.0994. The predicted molar refractivity (Wildman–Crippen MR) is 113 cm³/mol. The molecule has 6 nitrogen and oxygen atoms in total. The van der Waals surface area contributed by atoms with Crippen LogP contribution in [-0.4, -0.2) is 15.7 Å². The minimum absolute atomic E-state index is 0.191. The quantitative estimate of drug-likeness (QED) is 0.474. The lowest BCUT2D eigenvalue weighted by atomic mass is 9.92. The molecule has 0 aliphatic rings. The second kappa shape index (κ2) is 8.68. The number of nitriles is 1. The number of nitrogens with one attached hydrogen (secondary N) is 1. The van der Waals surface area contributed by atoms with E-state index in [-0.39, 0.29) is 11.7 Å². The van der Waals surface area contributed by atoms with E-state index in [0.717, 1.165) is 5.56 Å². The smallest absolute Gasteiger partial charge is 0.291 e. The maximum Gasteiger partial charge on any atom is 0.291 e. The molecule has 1 amide bonds. The van der Waals surface area contributed by atoms with E-state index in [2.05, 4.69) is 16.5 Å². The Kier molecular flexibility index (Phi) is 5.64. The molecule has 0 fully saturated rings. The van der Waals surface area contributed by atoms with Crippen molar-refractivity contribution in [2.45, 2.75) is 12.5 Å². The number of hydrogen-bond acceptors (Lipinski definition) is 4. The fraction of sp³-hybridized carbons (Fsp3) is 0.0870. The number of rotatable bonds is 6. The summed E-state index contributed by atoms with van der Waals surface area (Å²) in [5.41, 5.74) is 2.06. The van der Waals surface area contributed by atoms with Crippen LogP contribution in [0.1, 0.15) is 33.4 Å². The highest BCUT2D eigenvalue weighted by Gasteiger charge is 2.18. The molecule has 1 N–H and O–H groups in total. The highest BCUT2D eigenvalue weighted by Crippen LogP contribution is 2.32. The van der Waals surface area contributed by atoms with Crippen LogP contribution in [-0.2, 0) is 6.54 Å². The van der Waals surface area contributed by atoms with Crippen molar-refractivity contribution in [2.24, 2.45) is 0 Å². The van der Waals surface area contributed by atoms with E-state index in [1.807, 2.05) is 42.6 Å². The molecule has 1 atom stereocenters. The number of anilines is 1. The molecule has 1 unspecified atom stereocenters. The number of benzene rings is 2. The number of nitrogens with zero attached hydrogens (tertiary/aromatic N) is 3. The maximum atomic E-state index is 12.5. The molecule has 4 rings (SSSR count). The molecule has 0 radical (unpaired) electrons. The zero-order chi connectivity index (χ0) is 20.9. The van der Waals surface area contributed by atoms with Gasteiger partial charge in [-0.15, -0.1) is 0 Å². The summed E-state index contributed by atoms with van der Waals surface area (Å²) in [6.07, 6.45) is 3.49. The van der Waals surface area contributed by atoms with Gasteiger partial charge in [0.1, 0.15) is 5.76 Å². The minimum Gasteiger partial charge on any atom is -0.454 e. The number of hydrogen-bond donors (Lipinski definition) is 1. The minimum atomic E-state index is -0.488. The third kappa shape index (κ3) is 4.27. The summed E-state index contributed by atoms with van der Waals surface area (Å²) < 4.78 is 7.32. The lowest BCUT2D eigenvalue weighted by Gasteiger charge is -2.13. The standard InChI is InChI=1S/C23H17ClN4O2/c24-21-13-17(7-9-19(21)20(14-25)16-5-2-1-3-6-16)27-23(29)22-10-8-18(30-22)15-28-12-4-11-26-28/h1-13,20H,15H2,(H,27,29). The molecule has 0 bridgehead atoms. The molecular weight excluding hydrogens is 400 g/mol. The molecular formula is C23H17ClN4O2. The summed E-state index contributed by atoms with van der Waals surface area (Å²) in [5.74, 6) is -0.0581. The molecule has 148 valence electrons. The fourth-order valence-corrected chi connectivity index (χ4v) is 3.43. The Hall–Kier alpha value is -3.82. The Balaban J connectivity index is 1.48. The van der Waals surface area contributed by atoms with Gasteiger partial charge in [-0.05, 0) is 41.5 Å². The lowest BCUT2D eigenvalue weighted by Crippen LogP contribution is -2.11. The van der Waals surface area contributed by atoms with Crippen LogP contribution < -0.4 is 5.32 Å². The average Bonchev–Trinajstić information content (AvgIpc) is 3.44. The zero-order valence-corrected chi connectivity index (χ0v) is 16.6. The van der Waals surface area contributed by atoms with Crippen molar-refractivity contribution in [3.8, 4) is 6.07 Å². The van der Waals surface area contributed by atoms with E-state index < -0.39 is 5.92 Å². The number of amides is 1. The third-order valence-corrected chi connectivity index (χ3v) is 4.92. The van der Waals surface area contributed by atoms with Crippen molar-refractivity contribution in [3.05, 3.63) is 107 Å². The van der Waals surface area contributed by atoms with Gasteiger partial charge in [-0.3, -0.25) is 9.48 Å². The zero-order valence-electron chi connectivity index (χ0n) is 15.8. The van der Waals surface area contributed by atoms with Gasteiger partial charge in [0.25, 0.3) is 5.91 Å². The highest BCUT2D eigenvalue weighted by atomic mass is 35.5. The predicted octanol–water partition coefficient (Wildman–Crippen LogP) is 5.09. The molecule has 0 aliphatic heterocycles. The molecule has 4 aromatic rings. The largest absolute Gasteiger partial charge is 0.454 e. The second-order valence-electron chi connectivity index (χ2n) is 6.63. The van der Waals surface area contributed by atoms with Crippen molar-refractivity contribution >= 4 is 23.2 Å². The molecule has 2 heterocycles. The summed E-state index contributed by atoms with van der Waals surface area (Å²) in [5, 5.41) is 16.9. The van der Waals surface area contributed by atoms with Gasteiger partial charge >= 0.3 is 0 Å². The Morgan fingerprint density at radius 2 is 2.00 bits per heavy atom. The molecule has 0 saturated carbocycles. The van der Waals surface area contributed by atoms with Crippen LogP contribution in [0, 0.1) is 11.3 Å². The first-order valence-electron chi connectivity index (χ1n) is 9.25. The monoisotopic (exact) mass is 416 g/mol. The van der Waals surface area contributed by atoms with Crippen molar-refractivity contribution in [1.29, 1.82) is 5.26 Å². The van der Waals surface area contributed by atoms with Crippen LogP contribution in [0.25, 0.3) is 0 Å².